The van der Waals surface area contributed by atoms with E-state index in [1.165, 1.54) is 38.5 Å². The van der Waals surface area contributed by atoms with Crippen LogP contribution in [0.1, 0.15) is 57.2 Å². The Morgan fingerprint density at radius 1 is 1.29 bits per heavy atom. The molecule has 2 saturated carbocycles. The van der Waals surface area contributed by atoms with Crippen molar-refractivity contribution < 1.29 is 0 Å². The molecule has 1 aromatic heterocycles. The zero-order valence-corrected chi connectivity index (χ0v) is 10.9. The van der Waals surface area contributed by atoms with Crippen molar-refractivity contribution in [2.45, 2.75) is 64.5 Å². The lowest BCUT2D eigenvalue weighted by atomic mass is 9.87. The van der Waals surface area contributed by atoms with E-state index in [-0.39, 0.29) is 0 Å². The Labute approximate surface area is 104 Å². The molecule has 0 aromatic carbocycles. The van der Waals surface area contributed by atoms with Crippen LogP contribution < -0.4 is 5.32 Å². The molecule has 2 atom stereocenters. The minimum atomic E-state index is 0.637. The molecule has 3 rings (SSSR count). The highest BCUT2D eigenvalue weighted by molar-refractivity contribution is 5.32. The Balaban J connectivity index is 1.71. The van der Waals surface area contributed by atoms with E-state index in [1.54, 1.807) is 0 Å². The first-order valence-electron chi connectivity index (χ1n) is 7.04. The van der Waals surface area contributed by atoms with Crippen molar-refractivity contribution in [3.63, 3.8) is 0 Å². The second-order valence-electron chi connectivity index (χ2n) is 5.96. The molecule has 0 bridgehead atoms. The normalized spacial score (nSPS) is 29.3. The fourth-order valence-electron chi connectivity index (χ4n) is 3.00. The molecular formula is C14H23N3. The van der Waals surface area contributed by atoms with Crippen LogP contribution in [0.15, 0.2) is 6.20 Å². The summed E-state index contributed by atoms with van der Waals surface area (Å²) in [4.78, 5) is 4.64. The van der Waals surface area contributed by atoms with Crippen molar-refractivity contribution in [1.29, 1.82) is 0 Å². The van der Waals surface area contributed by atoms with E-state index in [9.17, 15) is 0 Å². The third-order valence-electron chi connectivity index (χ3n) is 4.06. The largest absolute Gasteiger partial charge is 0.353 e. The summed E-state index contributed by atoms with van der Waals surface area (Å²) >= 11 is 0. The van der Waals surface area contributed by atoms with Crippen LogP contribution in [0.25, 0.3) is 0 Å². The molecule has 2 aliphatic rings. The highest BCUT2D eigenvalue weighted by atomic mass is 15.2. The van der Waals surface area contributed by atoms with Crippen LogP contribution in [0.3, 0.4) is 0 Å². The second kappa shape index (κ2) is 4.35. The van der Waals surface area contributed by atoms with Crippen molar-refractivity contribution in [2.75, 3.05) is 5.32 Å². The van der Waals surface area contributed by atoms with Gasteiger partial charge in [0.1, 0.15) is 0 Å². The summed E-state index contributed by atoms with van der Waals surface area (Å²) in [5.41, 5.74) is 1.14. The van der Waals surface area contributed by atoms with Crippen LogP contribution in [-0.2, 0) is 0 Å². The monoisotopic (exact) mass is 233 g/mol. The van der Waals surface area contributed by atoms with Crippen molar-refractivity contribution >= 4 is 5.95 Å². The third-order valence-corrected chi connectivity index (χ3v) is 4.06. The first kappa shape index (κ1) is 11.1. The van der Waals surface area contributed by atoms with Crippen molar-refractivity contribution in [3.8, 4) is 0 Å². The molecule has 0 radical (unpaired) electrons. The van der Waals surface area contributed by atoms with Crippen LogP contribution in [-0.4, -0.2) is 15.6 Å². The van der Waals surface area contributed by atoms with Crippen LogP contribution >= 0.6 is 0 Å². The summed E-state index contributed by atoms with van der Waals surface area (Å²) in [6.45, 7) is 4.46. The van der Waals surface area contributed by atoms with Gasteiger partial charge in [-0.25, -0.2) is 4.98 Å². The van der Waals surface area contributed by atoms with Gasteiger partial charge in [0.2, 0.25) is 5.95 Å². The number of nitrogens with one attached hydrogen (secondary N) is 1. The molecule has 0 saturated heterocycles. The van der Waals surface area contributed by atoms with E-state index in [4.69, 9.17) is 0 Å². The van der Waals surface area contributed by atoms with Gasteiger partial charge in [-0.15, -0.1) is 0 Å². The van der Waals surface area contributed by atoms with Gasteiger partial charge < -0.3 is 9.88 Å². The zero-order chi connectivity index (χ0) is 11.8. The molecular weight excluding hydrogens is 210 g/mol. The molecule has 17 heavy (non-hydrogen) atoms. The molecule has 0 aliphatic heterocycles. The number of aryl methyl sites for hydroxylation is 1. The van der Waals surface area contributed by atoms with Crippen LogP contribution in [0.5, 0.6) is 0 Å². The van der Waals surface area contributed by atoms with Crippen LogP contribution in [0, 0.1) is 12.8 Å². The van der Waals surface area contributed by atoms with Crippen molar-refractivity contribution in [3.05, 3.63) is 11.9 Å². The quantitative estimate of drug-likeness (QED) is 0.865. The summed E-state index contributed by atoms with van der Waals surface area (Å²) < 4.78 is 2.36. The first-order chi connectivity index (χ1) is 8.22. The molecule has 3 heteroatoms. The van der Waals surface area contributed by atoms with Crippen LogP contribution in [0.2, 0.25) is 0 Å². The number of aromatic nitrogens is 2. The third kappa shape index (κ3) is 2.48. The van der Waals surface area contributed by atoms with Gasteiger partial charge in [0.05, 0.1) is 5.69 Å². The predicted molar refractivity (Wildman–Crippen MR) is 70.3 cm³/mol. The minimum absolute atomic E-state index is 0.637. The van der Waals surface area contributed by atoms with Crippen molar-refractivity contribution in [2.24, 2.45) is 5.92 Å². The summed E-state index contributed by atoms with van der Waals surface area (Å²) in [6.07, 6.45) is 10.2. The lowest BCUT2D eigenvalue weighted by Crippen LogP contribution is -2.27. The molecule has 2 fully saturated rings. The van der Waals surface area contributed by atoms with Gasteiger partial charge in [-0.3, -0.25) is 0 Å². The molecule has 1 heterocycles. The Morgan fingerprint density at radius 3 is 2.82 bits per heavy atom. The molecule has 0 spiro atoms. The molecule has 94 valence electrons. The standard InChI is InChI=1S/C14H23N3/c1-10-4-3-5-12(8-10)16-14-15-11(2)9-17(14)13-6-7-13/h9-10,12-13H,3-8H2,1-2H3,(H,15,16). The maximum atomic E-state index is 4.64. The average molecular weight is 233 g/mol. The number of imidazole rings is 1. The first-order valence-corrected chi connectivity index (χ1v) is 7.04. The minimum Gasteiger partial charge on any atom is -0.353 e. The summed E-state index contributed by atoms with van der Waals surface area (Å²) in [6, 6.07) is 1.36. The van der Waals surface area contributed by atoms with E-state index in [0.717, 1.165) is 23.6 Å². The van der Waals surface area contributed by atoms with Gasteiger partial charge in [0, 0.05) is 18.3 Å². The van der Waals surface area contributed by atoms with Crippen LogP contribution in [0.4, 0.5) is 5.95 Å². The van der Waals surface area contributed by atoms with E-state index >= 15 is 0 Å². The van der Waals surface area contributed by atoms with E-state index in [2.05, 4.69) is 34.9 Å². The topological polar surface area (TPSA) is 29.9 Å². The van der Waals surface area contributed by atoms with E-state index < -0.39 is 0 Å². The summed E-state index contributed by atoms with van der Waals surface area (Å²) in [7, 11) is 0. The highest BCUT2D eigenvalue weighted by Crippen LogP contribution is 2.38. The smallest absolute Gasteiger partial charge is 0.203 e. The van der Waals surface area contributed by atoms with Gasteiger partial charge in [-0.2, -0.15) is 0 Å². The fraction of sp³-hybridized carbons (Fsp3) is 0.786. The van der Waals surface area contributed by atoms with Gasteiger partial charge in [0.25, 0.3) is 0 Å². The maximum absolute atomic E-state index is 4.64. The summed E-state index contributed by atoms with van der Waals surface area (Å²) in [5.74, 6) is 1.98. The van der Waals surface area contributed by atoms with Gasteiger partial charge >= 0.3 is 0 Å². The molecule has 2 aliphatic carbocycles. The lowest BCUT2D eigenvalue weighted by molar-refractivity contribution is 0.357. The van der Waals surface area contributed by atoms with Crippen molar-refractivity contribution in [1.82, 2.24) is 9.55 Å². The Hall–Kier alpha value is -0.990. The molecule has 3 nitrogen and oxygen atoms in total. The number of hydrogen-bond donors (Lipinski definition) is 1. The Bertz CT molecular complexity index is 392. The number of hydrogen-bond acceptors (Lipinski definition) is 2. The predicted octanol–water partition coefficient (Wildman–Crippen LogP) is 3.52. The fourth-order valence-corrected chi connectivity index (χ4v) is 3.00. The highest BCUT2D eigenvalue weighted by Gasteiger charge is 2.27. The number of anilines is 1. The Kier molecular flexibility index (Phi) is 2.85. The van der Waals surface area contributed by atoms with Gasteiger partial charge in [-0.1, -0.05) is 19.8 Å². The second-order valence-corrected chi connectivity index (χ2v) is 5.96. The number of nitrogens with zero attached hydrogens (tertiary/aromatic N) is 2. The van der Waals surface area contributed by atoms with Gasteiger partial charge in [0.15, 0.2) is 0 Å². The summed E-state index contributed by atoms with van der Waals surface area (Å²) in [5, 5.41) is 3.67. The maximum Gasteiger partial charge on any atom is 0.203 e. The molecule has 1 aromatic rings. The average Bonchev–Trinajstić information content (AvgIpc) is 3.04. The number of rotatable bonds is 3. The molecule has 1 N–H and O–H groups in total. The Morgan fingerprint density at radius 2 is 2.12 bits per heavy atom. The molecule has 0 amide bonds. The van der Waals surface area contributed by atoms with E-state index in [0.29, 0.717) is 6.04 Å². The SMILES string of the molecule is Cc1cn(C2CC2)c(NC2CCCC(C)C2)n1. The lowest BCUT2D eigenvalue weighted by Gasteiger charge is -2.28. The molecule has 2 unspecified atom stereocenters. The zero-order valence-electron chi connectivity index (χ0n) is 10.9. The van der Waals surface area contributed by atoms with E-state index in [1.807, 2.05) is 0 Å². The van der Waals surface area contributed by atoms with Gasteiger partial charge in [-0.05, 0) is 38.5 Å².